The fraction of sp³-hybridized carbons (Fsp3) is 0.455. The number of H-pyrrole nitrogens is 1. The normalized spacial score (nSPS) is 10.9. The van der Waals surface area contributed by atoms with Crippen LogP contribution in [0, 0.1) is 23.0 Å². The summed E-state index contributed by atoms with van der Waals surface area (Å²) in [5.41, 5.74) is 5.12. The summed E-state index contributed by atoms with van der Waals surface area (Å²) in [6, 6.07) is 4.06. The number of nitro groups is 1. The van der Waals surface area contributed by atoms with Crippen LogP contribution in [0.25, 0.3) is 0 Å². The number of ether oxygens (including phenoxy) is 1. The van der Waals surface area contributed by atoms with E-state index in [9.17, 15) is 29.3 Å². The number of nitro benzene ring substituents is 1. The number of aryl methyl sites for hydroxylation is 1. The number of nitrogens with one attached hydrogen (secondary N) is 2. The first kappa shape index (κ1) is 27.2. The van der Waals surface area contributed by atoms with Crippen molar-refractivity contribution < 1.29 is 19.2 Å². The summed E-state index contributed by atoms with van der Waals surface area (Å²) in [6.45, 7) is 5.68. The molecule has 0 saturated heterocycles. The second-order valence-corrected chi connectivity index (χ2v) is 8.34. The van der Waals surface area contributed by atoms with E-state index in [0.29, 0.717) is 5.56 Å². The van der Waals surface area contributed by atoms with Gasteiger partial charge in [-0.25, -0.2) is 4.79 Å². The van der Waals surface area contributed by atoms with Crippen LogP contribution in [0.4, 0.5) is 22.9 Å². The van der Waals surface area contributed by atoms with Gasteiger partial charge in [-0.3, -0.25) is 34.0 Å². The minimum absolute atomic E-state index is 0.0336. The maximum absolute atomic E-state index is 13.0. The molecule has 0 aliphatic heterocycles. The molecule has 0 radical (unpaired) electrons. The molecule has 0 unspecified atom stereocenters. The molecule has 0 saturated carbocycles. The van der Waals surface area contributed by atoms with Crippen molar-refractivity contribution in [3.05, 3.63) is 54.7 Å². The van der Waals surface area contributed by atoms with E-state index in [0.717, 1.165) is 4.90 Å². The number of nitrogens with zero attached hydrogens (tertiary/aromatic N) is 3. The van der Waals surface area contributed by atoms with Crippen molar-refractivity contribution in [1.82, 2.24) is 9.55 Å². The molecule has 2 amide bonds. The summed E-state index contributed by atoms with van der Waals surface area (Å²) in [6.07, 6.45) is -0.542. The van der Waals surface area contributed by atoms with Crippen LogP contribution in [0.1, 0.15) is 32.3 Å². The molecule has 1 aromatic carbocycles. The monoisotopic (exact) mass is 490 g/mol. The highest BCUT2D eigenvalue weighted by Crippen LogP contribution is 2.23. The number of aromatic amines is 1. The average molecular weight is 491 g/mol. The van der Waals surface area contributed by atoms with Gasteiger partial charge >= 0.3 is 5.69 Å². The summed E-state index contributed by atoms with van der Waals surface area (Å²) >= 11 is 0. The lowest BCUT2D eigenvalue weighted by atomic mass is 10.1. The number of hydrogen-bond acceptors (Lipinski definition) is 8. The molecule has 4 N–H and O–H groups in total. The van der Waals surface area contributed by atoms with Gasteiger partial charge in [0.05, 0.1) is 17.2 Å². The number of nitrogens with two attached hydrogens (primary N) is 1. The van der Waals surface area contributed by atoms with Gasteiger partial charge in [-0.05, 0) is 18.4 Å². The van der Waals surface area contributed by atoms with E-state index in [1.165, 1.54) is 29.9 Å². The number of carbonyl (C=O) groups excluding carboxylic acids is 2. The van der Waals surface area contributed by atoms with E-state index >= 15 is 0 Å². The molecular weight excluding hydrogens is 460 g/mol. The van der Waals surface area contributed by atoms with Crippen molar-refractivity contribution in [3.63, 3.8) is 0 Å². The van der Waals surface area contributed by atoms with Crippen LogP contribution in [0.5, 0.6) is 0 Å². The Labute approximate surface area is 201 Å². The number of amides is 2. The molecule has 0 atom stereocenters. The molecule has 2 aromatic rings. The average Bonchev–Trinajstić information content (AvgIpc) is 2.78. The maximum Gasteiger partial charge on any atom is 0.330 e. The third-order valence-electron chi connectivity index (χ3n) is 5.12. The number of nitrogen functional groups attached to an aromatic ring is 1. The van der Waals surface area contributed by atoms with E-state index in [2.05, 4.69) is 10.3 Å². The Morgan fingerprint density at radius 1 is 1.29 bits per heavy atom. The number of hydrogen-bond donors (Lipinski definition) is 3. The van der Waals surface area contributed by atoms with Gasteiger partial charge in [-0.2, -0.15) is 0 Å². The molecule has 13 heteroatoms. The predicted molar refractivity (Wildman–Crippen MR) is 130 cm³/mol. The van der Waals surface area contributed by atoms with Gasteiger partial charge in [-0.1, -0.05) is 19.9 Å². The quantitative estimate of drug-likeness (QED) is 0.312. The molecule has 0 bridgehead atoms. The lowest BCUT2D eigenvalue weighted by molar-refractivity contribution is -0.384. The number of benzene rings is 1. The fourth-order valence-electron chi connectivity index (χ4n) is 3.35. The first-order valence-corrected chi connectivity index (χ1v) is 10.9. The highest BCUT2D eigenvalue weighted by molar-refractivity contribution is 5.99. The van der Waals surface area contributed by atoms with Gasteiger partial charge in [0, 0.05) is 45.2 Å². The molecule has 13 nitrogen and oxygen atoms in total. The zero-order valence-electron chi connectivity index (χ0n) is 20.1. The van der Waals surface area contributed by atoms with Gasteiger partial charge in [0.1, 0.15) is 5.82 Å². The Kier molecular flexibility index (Phi) is 9.28. The summed E-state index contributed by atoms with van der Waals surface area (Å²) < 4.78 is 6.23. The molecule has 190 valence electrons. The van der Waals surface area contributed by atoms with Gasteiger partial charge in [0.2, 0.25) is 11.8 Å². The Morgan fingerprint density at radius 3 is 2.57 bits per heavy atom. The smallest absolute Gasteiger partial charge is 0.330 e. The number of rotatable bonds is 11. The van der Waals surface area contributed by atoms with Crippen molar-refractivity contribution >= 4 is 34.7 Å². The number of anilines is 3. The molecule has 1 heterocycles. The van der Waals surface area contributed by atoms with Crippen LogP contribution >= 0.6 is 0 Å². The largest absolute Gasteiger partial charge is 0.383 e. The van der Waals surface area contributed by atoms with Crippen LogP contribution in [-0.4, -0.2) is 46.6 Å². The second kappa shape index (κ2) is 11.9. The molecule has 2 rings (SSSR count). The Bertz CT molecular complexity index is 1220. The van der Waals surface area contributed by atoms with Crippen LogP contribution < -0.4 is 27.2 Å². The molecule has 0 fully saturated rings. The second-order valence-electron chi connectivity index (χ2n) is 8.34. The number of non-ortho nitro benzene ring substituents is 1. The zero-order chi connectivity index (χ0) is 26.3. The van der Waals surface area contributed by atoms with E-state index in [1.54, 1.807) is 6.92 Å². The highest BCUT2D eigenvalue weighted by Gasteiger charge is 2.25. The van der Waals surface area contributed by atoms with E-state index < -0.39 is 28.0 Å². The van der Waals surface area contributed by atoms with Crippen molar-refractivity contribution in [3.8, 4) is 0 Å². The molecular formula is C22H30N6O7. The lowest BCUT2D eigenvalue weighted by Crippen LogP contribution is -2.43. The van der Waals surface area contributed by atoms with E-state index in [1.807, 2.05) is 13.8 Å². The van der Waals surface area contributed by atoms with Crippen LogP contribution in [0.3, 0.4) is 0 Å². The van der Waals surface area contributed by atoms with Gasteiger partial charge in [0.25, 0.3) is 11.2 Å². The third kappa shape index (κ3) is 6.99. The third-order valence-corrected chi connectivity index (χ3v) is 5.12. The molecule has 0 spiro atoms. The van der Waals surface area contributed by atoms with Crippen LogP contribution in [-0.2, 0) is 20.9 Å². The fourth-order valence-corrected chi connectivity index (χ4v) is 3.35. The summed E-state index contributed by atoms with van der Waals surface area (Å²) in [5.74, 6) is -1.24. The van der Waals surface area contributed by atoms with Crippen molar-refractivity contribution in [2.45, 2.75) is 40.2 Å². The minimum Gasteiger partial charge on any atom is -0.383 e. The Balaban J connectivity index is 2.25. The Hall–Kier alpha value is -4.00. The summed E-state index contributed by atoms with van der Waals surface area (Å²) in [5, 5.41) is 13.6. The molecule has 35 heavy (non-hydrogen) atoms. The minimum atomic E-state index is -0.825. The maximum atomic E-state index is 13.0. The van der Waals surface area contributed by atoms with Gasteiger partial charge in [0.15, 0.2) is 5.69 Å². The Morgan fingerprint density at radius 2 is 1.97 bits per heavy atom. The van der Waals surface area contributed by atoms with Gasteiger partial charge in [-0.15, -0.1) is 0 Å². The van der Waals surface area contributed by atoms with Crippen molar-refractivity contribution in [1.29, 1.82) is 0 Å². The predicted octanol–water partition coefficient (Wildman–Crippen LogP) is 1.39. The first-order chi connectivity index (χ1) is 16.5. The molecule has 0 aliphatic rings. The van der Waals surface area contributed by atoms with E-state index in [4.69, 9.17) is 10.5 Å². The lowest BCUT2D eigenvalue weighted by Gasteiger charge is -2.24. The topological polar surface area (TPSA) is 183 Å². The van der Waals surface area contributed by atoms with Crippen LogP contribution in [0.15, 0.2) is 27.8 Å². The van der Waals surface area contributed by atoms with Crippen molar-refractivity contribution in [2.75, 3.05) is 36.2 Å². The summed E-state index contributed by atoms with van der Waals surface area (Å²) in [4.78, 5) is 64.0. The van der Waals surface area contributed by atoms with Crippen molar-refractivity contribution in [2.24, 2.45) is 5.92 Å². The van der Waals surface area contributed by atoms with Crippen LogP contribution in [0.2, 0.25) is 0 Å². The number of methoxy groups -OCH3 is 1. The van der Waals surface area contributed by atoms with Gasteiger partial charge < -0.3 is 20.7 Å². The van der Waals surface area contributed by atoms with E-state index in [-0.39, 0.29) is 61.3 Å². The molecule has 1 aromatic heterocycles. The number of carbonyl (C=O) groups is 2. The zero-order valence-corrected chi connectivity index (χ0v) is 20.1. The highest BCUT2D eigenvalue weighted by atomic mass is 16.6. The SMILES string of the molecule is COCCN(C(=O)CCC(=O)Nc1cc([N+](=O)[O-])ccc1C)c1c(N)n(CC(C)C)c(=O)[nH]c1=O. The number of aromatic nitrogens is 2. The standard InChI is InChI=1S/C22H30N6O7/c1-13(2)12-27-20(23)19(21(31)25-22(27)32)26(9-10-35-4)18(30)8-7-17(29)24-16-11-15(28(33)34)6-5-14(16)3/h5-6,11,13H,7-10,12,23H2,1-4H3,(H,24,29)(H,25,31,32). The summed E-state index contributed by atoms with van der Waals surface area (Å²) in [7, 11) is 1.42. The first-order valence-electron chi connectivity index (χ1n) is 10.9. The molecule has 0 aliphatic carbocycles.